The molecule has 3 heteroatoms. The normalized spacial score (nSPS) is 15.1. The fraction of sp³-hybridized carbons (Fsp3) is 0.769. The van der Waals surface area contributed by atoms with Gasteiger partial charge in [-0.2, -0.15) is 5.10 Å². The van der Waals surface area contributed by atoms with Crippen molar-refractivity contribution < 1.29 is 0 Å². The second-order valence-electron chi connectivity index (χ2n) is 4.82. The third kappa shape index (κ3) is 3.63. The molecule has 2 unspecified atom stereocenters. The van der Waals surface area contributed by atoms with Crippen LogP contribution in [0.5, 0.6) is 0 Å². The van der Waals surface area contributed by atoms with Crippen LogP contribution in [0.4, 0.5) is 0 Å². The van der Waals surface area contributed by atoms with Gasteiger partial charge in [0.15, 0.2) is 0 Å². The molecule has 1 rings (SSSR count). The highest BCUT2D eigenvalue weighted by molar-refractivity contribution is 5.11. The minimum absolute atomic E-state index is 0.259. The SMILES string of the molecule is CCc1cc(CC(N)CC(C)CC)n(C)n1. The largest absolute Gasteiger partial charge is 0.327 e. The first kappa shape index (κ1) is 13.2. The molecule has 0 bridgehead atoms. The van der Waals surface area contributed by atoms with Crippen molar-refractivity contribution in [3.63, 3.8) is 0 Å². The molecule has 1 heterocycles. The second kappa shape index (κ2) is 6.04. The number of aryl methyl sites for hydroxylation is 2. The van der Waals surface area contributed by atoms with Gasteiger partial charge in [-0.15, -0.1) is 0 Å². The summed E-state index contributed by atoms with van der Waals surface area (Å²) in [5.41, 5.74) is 8.58. The highest BCUT2D eigenvalue weighted by atomic mass is 15.3. The Balaban J connectivity index is 2.55. The summed E-state index contributed by atoms with van der Waals surface area (Å²) in [7, 11) is 2.00. The van der Waals surface area contributed by atoms with E-state index in [1.54, 1.807) is 0 Å². The highest BCUT2D eigenvalue weighted by Crippen LogP contribution is 2.13. The van der Waals surface area contributed by atoms with E-state index in [0.29, 0.717) is 5.92 Å². The van der Waals surface area contributed by atoms with Crippen LogP contribution in [0.15, 0.2) is 6.07 Å². The molecular formula is C13H25N3. The summed E-state index contributed by atoms with van der Waals surface area (Å²) >= 11 is 0. The van der Waals surface area contributed by atoms with Gasteiger partial charge in [0.2, 0.25) is 0 Å². The van der Waals surface area contributed by atoms with Crippen molar-refractivity contribution in [2.24, 2.45) is 18.7 Å². The van der Waals surface area contributed by atoms with Crippen LogP contribution >= 0.6 is 0 Å². The van der Waals surface area contributed by atoms with E-state index in [-0.39, 0.29) is 6.04 Å². The summed E-state index contributed by atoms with van der Waals surface area (Å²) in [6.07, 6.45) is 4.24. The lowest BCUT2D eigenvalue weighted by Crippen LogP contribution is -2.26. The number of rotatable bonds is 6. The zero-order valence-electron chi connectivity index (χ0n) is 11.0. The Labute approximate surface area is 99.0 Å². The van der Waals surface area contributed by atoms with E-state index in [2.05, 4.69) is 31.9 Å². The monoisotopic (exact) mass is 223 g/mol. The average molecular weight is 223 g/mol. The molecule has 0 amide bonds. The summed E-state index contributed by atoms with van der Waals surface area (Å²) in [6.45, 7) is 6.61. The smallest absolute Gasteiger partial charge is 0.0624 e. The number of nitrogens with two attached hydrogens (primary N) is 1. The van der Waals surface area contributed by atoms with Crippen LogP contribution in [0.3, 0.4) is 0 Å². The fourth-order valence-corrected chi connectivity index (χ4v) is 1.97. The molecule has 1 aromatic rings. The third-order valence-electron chi connectivity index (χ3n) is 3.26. The van der Waals surface area contributed by atoms with Crippen LogP contribution in [0, 0.1) is 5.92 Å². The van der Waals surface area contributed by atoms with Crippen LogP contribution in [0.25, 0.3) is 0 Å². The van der Waals surface area contributed by atoms with Gasteiger partial charge in [-0.25, -0.2) is 0 Å². The lowest BCUT2D eigenvalue weighted by atomic mass is 9.97. The molecule has 0 aliphatic rings. The lowest BCUT2D eigenvalue weighted by Gasteiger charge is -2.15. The van der Waals surface area contributed by atoms with E-state index in [1.807, 2.05) is 11.7 Å². The van der Waals surface area contributed by atoms with E-state index in [1.165, 1.54) is 12.1 Å². The first-order chi connectivity index (χ1) is 7.56. The van der Waals surface area contributed by atoms with Gasteiger partial charge in [0.25, 0.3) is 0 Å². The maximum atomic E-state index is 6.16. The minimum Gasteiger partial charge on any atom is -0.327 e. The van der Waals surface area contributed by atoms with E-state index in [9.17, 15) is 0 Å². The van der Waals surface area contributed by atoms with Gasteiger partial charge in [0, 0.05) is 25.2 Å². The predicted octanol–water partition coefficient (Wildman–Crippen LogP) is 2.29. The number of hydrogen-bond acceptors (Lipinski definition) is 2. The van der Waals surface area contributed by atoms with Crippen molar-refractivity contribution in [2.45, 2.75) is 52.5 Å². The van der Waals surface area contributed by atoms with Crippen LogP contribution < -0.4 is 5.73 Å². The Morgan fingerprint density at radius 3 is 2.62 bits per heavy atom. The summed E-state index contributed by atoms with van der Waals surface area (Å²) in [6, 6.07) is 2.44. The van der Waals surface area contributed by atoms with Crippen LogP contribution in [-0.4, -0.2) is 15.8 Å². The third-order valence-corrected chi connectivity index (χ3v) is 3.26. The Hall–Kier alpha value is -0.830. The van der Waals surface area contributed by atoms with E-state index in [0.717, 1.165) is 25.0 Å². The quantitative estimate of drug-likeness (QED) is 0.804. The molecule has 0 saturated carbocycles. The standard InChI is InChI=1S/C13H25N3/c1-5-10(3)7-11(14)8-13-9-12(6-2)15-16(13)4/h9-11H,5-8,14H2,1-4H3. The van der Waals surface area contributed by atoms with Crippen LogP contribution in [0.2, 0.25) is 0 Å². The first-order valence-electron chi connectivity index (χ1n) is 6.34. The van der Waals surface area contributed by atoms with Crippen molar-refractivity contribution in [1.29, 1.82) is 0 Å². The topological polar surface area (TPSA) is 43.8 Å². The molecule has 0 aliphatic carbocycles. The molecule has 2 N–H and O–H groups in total. The summed E-state index contributed by atoms with van der Waals surface area (Å²) < 4.78 is 1.97. The van der Waals surface area contributed by atoms with Gasteiger partial charge in [0.1, 0.15) is 0 Å². The maximum Gasteiger partial charge on any atom is 0.0624 e. The lowest BCUT2D eigenvalue weighted by molar-refractivity contribution is 0.444. The van der Waals surface area contributed by atoms with Crippen molar-refractivity contribution in [3.8, 4) is 0 Å². The molecular weight excluding hydrogens is 198 g/mol. The Morgan fingerprint density at radius 2 is 2.12 bits per heavy atom. The van der Waals surface area contributed by atoms with Gasteiger partial charge in [0.05, 0.1) is 5.69 Å². The highest BCUT2D eigenvalue weighted by Gasteiger charge is 2.11. The van der Waals surface area contributed by atoms with Crippen LogP contribution in [-0.2, 0) is 19.9 Å². The Morgan fingerprint density at radius 1 is 1.44 bits per heavy atom. The molecule has 3 nitrogen and oxygen atoms in total. The van der Waals surface area contributed by atoms with Gasteiger partial charge < -0.3 is 5.73 Å². The number of aromatic nitrogens is 2. The van der Waals surface area contributed by atoms with Crippen molar-refractivity contribution in [2.75, 3.05) is 0 Å². The maximum absolute atomic E-state index is 6.16. The number of hydrogen-bond donors (Lipinski definition) is 1. The van der Waals surface area contributed by atoms with E-state index < -0.39 is 0 Å². The molecule has 0 radical (unpaired) electrons. The zero-order valence-corrected chi connectivity index (χ0v) is 11.0. The first-order valence-corrected chi connectivity index (χ1v) is 6.34. The van der Waals surface area contributed by atoms with Gasteiger partial charge >= 0.3 is 0 Å². The Bertz CT molecular complexity index is 317. The van der Waals surface area contributed by atoms with Crippen molar-refractivity contribution >= 4 is 0 Å². The second-order valence-corrected chi connectivity index (χ2v) is 4.82. The van der Waals surface area contributed by atoms with Gasteiger partial charge in [-0.3, -0.25) is 4.68 Å². The molecule has 0 aliphatic heterocycles. The summed E-state index contributed by atoms with van der Waals surface area (Å²) in [5.74, 6) is 0.717. The van der Waals surface area contributed by atoms with E-state index in [4.69, 9.17) is 5.73 Å². The molecule has 16 heavy (non-hydrogen) atoms. The van der Waals surface area contributed by atoms with Gasteiger partial charge in [-0.1, -0.05) is 27.2 Å². The zero-order chi connectivity index (χ0) is 12.1. The molecule has 2 atom stereocenters. The molecule has 0 saturated heterocycles. The molecule has 0 spiro atoms. The van der Waals surface area contributed by atoms with Gasteiger partial charge in [-0.05, 0) is 24.8 Å². The fourth-order valence-electron chi connectivity index (χ4n) is 1.97. The van der Waals surface area contributed by atoms with Crippen molar-refractivity contribution in [1.82, 2.24) is 9.78 Å². The Kier molecular flexibility index (Phi) is 5.00. The summed E-state index contributed by atoms with van der Waals surface area (Å²) in [5, 5.41) is 4.44. The molecule has 0 aromatic carbocycles. The molecule has 0 fully saturated rings. The molecule has 92 valence electrons. The average Bonchev–Trinajstić information content (AvgIpc) is 2.59. The molecule has 1 aromatic heterocycles. The van der Waals surface area contributed by atoms with Crippen LogP contribution in [0.1, 0.15) is 45.0 Å². The minimum atomic E-state index is 0.259. The predicted molar refractivity (Wildman–Crippen MR) is 68.3 cm³/mol. The van der Waals surface area contributed by atoms with Crippen molar-refractivity contribution in [3.05, 3.63) is 17.5 Å². The summed E-state index contributed by atoms with van der Waals surface area (Å²) in [4.78, 5) is 0. The van der Waals surface area contributed by atoms with E-state index >= 15 is 0 Å². The number of nitrogens with zero attached hydrogens (tertiary/aromatic N) is 2.